The molecule has 1 aromatic carbocycles. The average molecular weight is 271 g/mol. The van der Waals surface area contributed by atoms with Gasteiger partial charge in [0.2, 0.25) is 0 Å². The van der Waals surface area contributed by atoms with E-state index >= 15 is 0 Å². The van der Waals surface area contributed by atoms with Gasteiger partial charge in [0.1, 0.15) is 12.4 Å². The summed E-state index contributed by atoms with van der Waals surface area (Å²) < 4.78 is 31.2. The molecule has 0 fully saturated rings. The van der Waals surface area contributed by atoms with Crippen molar-refractivity contribution in [3.63, 3.8) is 0 Å². The molecule has 1 atom stereocenters. The summed E-state index contributed by atoms with van der Waals surface area (Å²) in [5.41, 5.74) is 2.41. The SMILES string of the molecule is COc1ccc2c(c1)CC(NCC(F)(F)CO)CC2. The lowest BCUT2D eigenvalue weighted by atomic mass is 9.88. The first-order valence-corrected chi connectivity index (χ1v) is 6.42. The van der Waals surface area contributed by atoms with Gasteiger partial charge in [-0.1, -0.05) is 6.07 Å². The standard InChI is InChI=1S/C14H19F2NO2/c1-19-13-5-3-10-2-4-12(6-11(10)7-13)17-8-14(15,16)9-18/h3,5,7,12,17-18H,2,4,6,8-9H2,1H3. The minimum absolute atomic E-state index is 0.0250. The van der Waals surface area contributed by atoms with Crippen LogP contribution in [0.25, 0.3) is 0 Å². The van der Waals surface area contributed by atoms with E-state index < -0.39 is 19.1 Å². The molecule has 1 aromatic rings. The molecular formula is C14H19F2NO2. The maximum Gasteiger partial charge on any atom is 0.282 e. The van der Waals surface area contributed by atoms with Crippen LogP contribution in [0.2, 0.25) is 0 Å². The van der Waals surface area contributed by atoms with Gasteiger partial charge in [0.25, 0.3) is 5.92 Å². The Labute approximate surface area is 111 Å². The second-order valence-corrected chi connectivity index (χ2v) is 4.97. The molecule has 0 aliphatic heterocycles. The fourth-order valence-corrected chi connectivity index (χ4v) is 2.38. The lowest BCUT2D eigenvalue weighted by Gasteiger charge is -2.27. The van der Waals surface area contributed by atoms with Crippen LogP contribution >= 0.6 is 0 Å². The van der Waals surface area contributed by atoms with Crippen LogP contribution < -0.4 is 10.1 Å². The van der Waals surface area contributed by atoms with Crippen LogP contribution in [0.5, 0.6) is 5.75 Å². The summed E-state index contributed by atoms with van der Waals surface area (Å²) in [6.07, 6.45) is 2.43. The lowest BCUT2D eigenvalue weighted by Crippen LogP contribution is -2.43. The third-order valence-electron chi connectivity index (χ3n) is 3.52. The Balaban J connectivity index is 1.97. The molecule has 106 valence electrons. The number of halogens is 2. The number of fused-ring (bicyclic) bond motifs is 1. The summed E-state index contributed by atoms with van der Waals surface area (Å²) in [7, 11) is 1.61. The maximum absolute atomic E-state index is 13.0. The minimum atomic E-state index is -3.05. The van der Waals surface area contributed by atoms with Crippen LogP contribution in [0, 0.1) is 0 Å². The van der Waals surface area contributed by atoms with Crippen LogP contribution in [-0.4, -0.2) is 37.3 Å². The molecular weight excluding hydrogens is 252 g/mol. The highest BCUT2D eigenvalue weighted by atomic mass is 19.3. The molecule has 19 heavy (non-hydrogen) atoms. The number of nitrogens with one attached hydrogen (secondary N) is 1. The molecule has 0 saturated heterocycles. The van der Waals surface area contributed by atoms with E-state index in [2.05, 4.69) is 5.32 Å². The predicted octanol–water partition coefficient (Wildman–Crippen LogP) is 1.77. The Morgan fingerprint density at radius 3 is 2.89 bits per heavy atom. The fourth-order valence-electron chi connectivity index (χ4n) is 2.38. The predicted molar refractivity (Wildman–Crippen MR) is 68.8 cm³/mol. The van der Waals surface area contributed by atoms with Gasteiger partial charge in [0.15, 0.2) is 0 Å². The second-order valence-electron chi connectivity index (χ2n) is 4.97. The Hall–Kier alpha value is -1.20. The van der Waals surface area contributed by atoms with E-state index in [1.807, 2.05) is 18.2 Å². The van der Waals surface area contributed by atoms with Crippen molar-refractivity contribution in [2.24, 2.45) is 0 Å². The maximum atomic E-state index is 13.0. The molecule has 0 amide bonds. The Kier molecular flexibility index (Phi) is 4.37. The van der Waals surface area contributed by atoms with Gasteiger partial charge in [0, 0.05) is 6.04 Å². The number of methoxy groups -OCH3 is 1. The normalized spacial score (nSPS) is 19.1. The quantitative estimate of drug-likeness (QED) is 0.857. The van der Waals surface area contributed by atoms with E-state index in [-0.39, 0.29) is 6.04 Å². The van der Waals surface area contributed by atoms with Gasteiger partial charge in [0.05, 0.1) is 13.7 Å². The number of aliphatic hydroxyl groups is 1. The first-order chi connectivity index (χ1) is 9.04. The highest BCUT2D eigenvalue weighted by Gasteiger charge is 2.29. The second kappa shape index (κ2) is 5.84. The van der Waals surface area contributed by atoms with Crippen molar-refractivity contribution in [1.82, 2.24) is 5.32 Å². The first kappa shape index (κ1) is 14.2. The minimum Gasteiger partial charge on any atom is -0.497 e. The number of aryl methyl sites for hydroxylation is 1. The van der Waals surface area contributed by atoms with Crippen molar-refractivity contribution in [1.29, 1.82) is 0 Å². The van der Waals surface area contributed by atoms with Crippen LogP contribution in [0.15, 0.2) is 18.2 Å². The highest BCUT2D eigenvalue weighted by Crippen LogP contribution is 2.26. The van der Waals surface area contributed by atoms with E-state index in [0.29, 0.717) is 6.42 Å². The fraction of sp³-hybridized carbons (Fsp3) is 0.571. The smallest absolute Gasteiger partial charge is 0.282 e. The number of benzene rings is 1. The summed E-state index contributed by atoms with van der Waals surface area (Å²) in [5, 5.41) is 11.4. The number of alkyl halides is 2. The topological polar surface area (TPSA) is 41.5 Å². The van der Waals surface area contributed by atoms with Crippen molar-refractivity contribution in [3.8, 4) is 5.75 Å². The largest absolute Gasteiger partial charge is 0.497 e. The van der Waals surface area contributed by atoms with Crippen molar-refractivity contribution in [3.05, 3.63) is 29.3 Å². The first-order valence-electron chi connectivity index (χ1n) is 6.42. The molecule has 1 aliphatic carbocycles. The van der Waals surface area contributed by atoms with Gasteiger partial charge in [-0.15, -0.1) is 0 Å². The molecule has 0 aromatic heterocycles. The van der Waals surface area contributed by atoms with Gasteiger partial charge in [-0.25, -0.2) is 8.78 Å². The van der Waals surface area contributed by atoms with Crippen LogP contribution in [-0.2, 0) is 12.8 Å². The third kappa shape index (κ3) is 3.64. The zero-order chi connectivity index (χ0) is 13.9. The van der Waals surface area contributed by atoms with Gasteiger partial charge < -0.3 is 15.2 Å². The number of hydrogen-bond donors (Lipinski definition) is 2. The number of ether oxygens (including phenoxy) is 1. The molecule has 0 saturated carbocycles. The van der Waals surface area contributed by atoms with Crippen molar-refractivity contribution >= 4 is 0 Å². The summed E-state index contributed by atoms with van der Waals surface area (Å²) >= 11 is 0. The summed E-state index contributed by atoms with van der Waals surface area (Å²) in [6, 6.07) is 5.95. The zero-order valence-electron chi connectivity index (χ0n) is 11.0. The van der Waals surface area contributed by atoms with Crippen LogP contribution in [0.1, 0.15) is 17.5 Å². The molecule has 3 nitrogen and oxygen atoms in total. The molecule has 0 radical (unpaired) electrons. The summed E-state index contributed by atoms with van der Waals surface area (Å²) in [4.78, 5) is 0. The van der Waals surface area contributed by atoms with Gasteiger partial charge in [-0.05, 0) is 42.5 Å². The van der Waals surface area contributed by atoms with E-state index in [1.165, 1.54) is 5.56 Å². The zero-order valence-corrected chi connectivity index (χ0v) is 11.0. The number of aliphatic hydroxyl groups excluding tert-OH is 1. The van der Waals surface area contributed by atoms with E-state index in [4.69, 9.17) is 9.84 Å². The van der Waals surface area contributed by atoms with E-state index in [0.717, 1.165) is 24.2 Å². The molecule has 2 N–H and O–H groups in total. The van der Waals surface area contributed by atoms with E-state index in [9.17, 15) is 8.78 Å². The molecule has 2 rings (SSSR count). The number of hydrogen-bond acceptors (Lipinski definition) is 3. The molecule has 1 unspecified atom stereocenters. The van der Waals surface area contributed by atoms with E-state index in [1.54, 1.807) is 7.11 Å². The Bertz CT molecular complexity index is 437. The molecule has 0 spiro atoms. The highest BCUT2D eigenvalue weighted by molar-refractivity contribution is 5.37. The molecule has 1 aliphatic rings. The Morgan fingerprint density at radius 2 is 2.21 bits per heavy atom. The summed E-state index contributed by atoms with van der Waals surface area (Å²) in [5.74, 6) is -2.26. The average Bonchev–Trinajstić information content (AvgIpc) is 2.44. The van der Waals surface area contributed by atoms with Crippen molar-refractivity contribution in [2.45, 2.75) is 31.2 Å². The molecule has 0 bridgehead atoms. The van der Waals surface area contributed by atoms with Crippen LogP contribution in [0.4, 0.5) is 8.78 Å². The van der Waals surface area contributed by atoms with Crippen LogP contribution in [0.3, 0.4) is 0 Å². The van der Waals surface area contributed by atoms with Gasteiger partial charge in [-0.3, -0.25) is 0 Å². The number of rotatable bonds is 5. The van der Waals surface area contributed by atoms with Gasteiger partial charge in [-0.2, -0.15) is 0 Å². The third-order valence-corrected chi connectivity index (χ3v) is 3.52. The molecule has 5 heteroatoms. The summed E-state index contributed by atoms with van der Waals surface area (Å²) in [6.45, 7) is -1.59. The van der Waals surface area contributed by atoms with Gasteiger partial charge >= 0.3 is 0 Å². The lowest BCUT2D eigenvalue weighted by molar-refractivity contribution is -0.0495. The molecule has 0 heterocycles. The van der Waals surface area contributed by atoms with Crippen molar-refractivity contribution < 1.29 is 18.6 Å². The van der Waals surface area contributed by atoms with Crippen molar-refractivity contribution in [2.75, 3.05) is 20.3 Å². The Morgan fingerprint density at radius 1 is 1.42 bits per heavy atom. The monoisotopic (exact) mass is 271 g/mol.